The van der Waals surface area contributed by atoms with Crippen LogP contribution in [0.15, 0.2) is 0 Å². The Bertz CT molecular complexity index is 290. The molecule has 0 spiro atoms. The predicted molar refractivity (Wildman–Crippen MR) is 64.0 cm³/mol. The van der Waals surface area contributed by atoms with Gasteiger partial charge in [-0.2, -0.15) is 5.26 Å². The first kappa shape index (κ1) is 12.8. The summed E-state index contributed by atoms with van der Waals surface area (Å²) in [5.74, 6) is 0.322. The van der Waals surface area contributed by atoms with Gasteiger partial charge in [-0.25, -0.2) is 4.90 Å². The molecule has 5 heteroatoms. The number of hydrogen-bond donors (Lipinski definition) is 1. The minimum atomic E-state index is -0.324. The fourth-order valence-electron chi connectivity index (χ4n) is 1.67. The van der Waals surface area contributed by atoms with Gasteiger partial charge < -0.3 is 9.80 Å². The molecule has 0 bridgehead atoms. The molecule has 0 aromatic carbocycles. The maximum atomic E-state index is 9.11. The summed E-state index contributed by atoms with van der Waals surface area (Å²) >= 11 is 0. The number of likely N-dealkylation sites (N-methyl/N-ethyl adjacent to an activating group) is 1. The number of guanidine groups is 1. The Labute approximate surface area is 97.7 Å². The minimum absolute atomic E-state index is 0.322. The van der Waals surface area contributed by atoms with Crippen molar-refractivity contribution in [3.63, 3.8) is 0 Å². The van der Waals surface area contributed by atoms with Gasteiger partial charge in [-0.15, -0.1) is 0 Å². The number of nitrogens with one attached hydrogen (secondary N) is 1. The molecule has 1 aliphatic rings. The monoisotopic (exact) mass is 223 g/mol. The summed E-state index contributed by atoms with van der Waals surface area (Å²) < 4.78 is 0. The van der Waals surface area contributed by atoms with Crippen molar-refractivity contribution in [3.8, 4) is 6.19 Å². The first-order valence-electron chi connectivity index (χ1n) is 5.58. The average Bonchev–Trinajstić information content (AvgIpc) is 2.17. The molecule has 1 saturated heterocycles. The predicted octanol–water partition coefficient (Wildman–Crippen LogP) is 0.750. The van der Waals surface area contributed by atoms with Crippen molar-refractivity contribution in [1.29, 1.82) is 10.7 Å². The van der Waals surface area contributed by atoms with Crippen molar-refractivity contribution < 1.29 is 0 Å². The Morgan fingerprint density at radius 3 is 2.12 bits per heavy atom. The summed E-state index contributed by atoms with van der Waals surface area (Å²) in [7, 11) is 2.08. The van der Waals surface area contributed by atoms with Crippen LogP contribution in [0.2, 0.25) is 0 Å². The number of nitrogens with zero attached hydrogens (tertiary/aromatic N) is 4. The molecule has 16 heavy (non-hydrogen) atoms. The fourth-order valence-corrected chi connectivity index (χ4v) is 1.67. The van der Waals surface area contributed by atoms with E-state index in [9.17, 15) is 0 Å². The molecule has 0 amide bonds. The third-order valence-electron chi connectivity index (χ3n) is 2.79. The second-order valence-corrected chi connectivity index (χ2v) is 5.22. The van der Waals surface area contributed by atoms with E-state index in [0.717, 1.165) is 26.2 Å². The van der Waals surface area contributed by atoms with Gasteiger partial charge in [0.15, 0.2) is 6.19 Å². The normalized spacial score (nSPS) is 18.1. The Balaban J connectivity index is 2.67. The number of nitriles is 1. The third kappa shape index (κ3) is 2.86. The molecule has 5 nitrogen and oxygen atoms in total. The van der Waals surface area contributed by atoms with Gasteiger partial charge >= 0.3 is 0 Å². The SMILES string of the molecule is CN1CCN(C(=N)N(C#N)C(C)(C)C)CC1. The Morgan fingerprint density at radius 1 is 1.25 bits per heavy atom. The van der Waals surface area contributed by atoms with Gasteiger partial charge in [0.2, 0.25) is 5.96 Å². The van der Waals surface area contributed by atoms with Gasteiger partial charge in [0.25, 0.3) is 0 Å². The summed E-state index contributed by atoms with van der Waals surface area (Å²) in [6.07, 6.45) is 2.10. The summed E-state index contributed by atoms with van der Waals surface area (Å²) in [6, 6.07) is 0. The molecule has 0 atom stereocenters. The number of piperazine rings is 1. The lowest BCUT2D eigenvalue weighted by Gasteiger charge is -2.39. The zero-order valence-corrected chi connectivity index (χ0v) is 10.6. The molecule has 0 aliphatic carbocycles. The van der Waals surface area contributed by atoms with Gasteiger partial charge in [-0.05, 0) is 27.8 Å². The summed E-state index contributed by atoms with van der Waals surface area (Å²) in [5.41, 5.74) is -0.324. The molecule has 0 saturated carbocycles. The molecule has 1 rings (SSSR count). The first-order valence-corrected chi connectivity index (χ1v) is 5.58. The largest absolute Gasteiger partial charge is 0.340 e. The second kappa shape index (κ2) is 4.71. The smallest absolute Gasteiger partial charge is 0.207 e. The molecular formula is C11H21N5. The van der Waals surface area contributed by atoms with Gasteiger partial charge in [0, 0.05) is 31.7 Å². The van der Waals surface area contributed by atoms with Crippen molar-refractivity contribution in [2.24, 2.45) is 0 Å². The van der Waals surface area contributed by atoms with Crippen molar-refractivity contribution in [2.45, 2.75) is 26.3 Å². The Kier molecular flexibility index (Phi) is 3.76. The van der Waals surface area contributed by atoms with E-state index in [-0.39, 0.29) is 5.54 Å². The van der Waals surface area contributed by atoms with E-state index >= 15 is 0 Å². The van der Waals surface area contributed by atoms with Crippen molar-refractivity contribution in [1.82, 2.24) is 14.7 Å². The van der Waals surface area contributed by atoms with Crippen LogP contribution in [0, 0.1) is 16.9 Å². The van der Waals surface area contributed by atoms with Crippen LogP contribution < -0.4 is 0 Å². The van der Waals surface area contributed by atoms with E-state index in [1.165, 1.54) is 4.90 Å². The molecule has 1 N–H and O–H groups in total. The molecule has 1 aliphatic heterocycles. The van der Waals surface area contributed by atoms with Crippen LogP contribution in [-0.4, -0.2) is 59.4 Å². The summed E-state index contributed by atoms with van der Waals surface area (Å²) in [4.78, 5) is 5.67. The highest BCUT2D eigenvalue weighted by Crippen LogP contribution is 2.14. The van der Waals surface area contributed by atoms with Crippen LogP contribution >= 0.6 is 0 Å². The molecular weight excluding hydrogens is 202 g/mol. The van der Waals surface area contributed by atoms with Crippen LogP contribution in [0.1, 0.15) is 20.8 Å². The fraction of sp³-hybridized carbons (Fsp3) is 0.818. The zero-order chi connectivity index (χ0) is 12.3. The first-order chi connectivity index (χ1) is 7.36. The highest BCUT2D eigenvalue weighted by Gasteiger charge is 2.28. The van der Waals surface area contributed by atoms with Gasteiger partial charge in [0.05, 0.1) is 0 Å². The van der Waals surface area contributed by atoms with E-state index in [1.807, 2.05) is 25.7 Å². The molecule has 1 heterocycles. The van der Waals surface area contributed by atoms with Crippen LogP contribution in [0.5, 0.6) is 0 Å². The van der Waals surface area contributed by atoms with Gasteiger partial charge in [0.1, 0.15) is 0 Å². The second-order valence-electron chi connectivity index (χ2n) is 5.22. The summed E-state index contributed by atoms with van der Waals surface area (Å²) in [5, 5.41) is 17.2. The Hall–Kier alpha value is -1.28. The van der Waals surface area contributed by atoms with Crippen molar-refractivity contribution >= 4 is 5.96 Å². The van der Waals surface area contributed by atoms with E-state index in [0.29, 0.717) is 5.96 Å². The van der Waals surface area contributed by atoms with Crippen molar-refractivity contribution in [2.75, 3.05) is 33.2 Å². The van der Waals surface area contributed by atoms with E-state index in [1.54, 1.807) is 0 Å². The lowest BCUT2D eigenvalue weighted by molar-refractivity contribution is 0.187. The summed E-state index contributed by atoms with van der Waals surface area (Å²) in [6.45, 7) is 9.38. The quantitative estimate of drug-likeness (QED) is 0.285. The number of hydrogen-bond acceptors (Lipinski definition) is 3. The van der Waals surface area contributed by atoms with Crippen LogP contribution in [0.3, 0.4) is 0 Å². The van der Waals surface area contributed by atoms with Gasteiger partial charge in [-0.3, -0.25) is 5.41 Å². The highest BCUT2D eigenvalue weighted by atomic mass is 15.4. The molecule has 0 radical (unpaired) electrons. The standard InChI is InChI=1S/C11H21N5/c1-11(2,3)16(9-12)10(13)15-7-5-14(4)6-8-15/h13H,5-8H2,1-4H3. The lowest BCUT2D eigenvalue weighted by atomic mass is 10.1. The molecule has 0 aromatic rings. The van der Waals surface area contributed by atoms with Crippen molar-refractivity contribution in [3.05, 3.63) is 0 Å². The average molecular weight is 223 g/mol. The number of rotatable bonds is 0. The third-order valence-corrected chi connectivity index (χ3v) is 2.79. The van der Waals surface area contributed by atoms with E-state index < -0.39 is 0 Å². The van der Waals surface area contributed by atoms with E-state index in [2.05, 4.69) is 18.1 Å². The maximum Gasteiger partial charge on any atom is 0.207 e. The highest BCUT2D eigenvalue weighted by molar-refractivity contribution is 5.79. The minimum Gasteiger partial charge on any atom is -0.340 e. The lowest BCUT2D eigenvalue weighted by Crippen LogP contribution is -2.55. The molecule has 0 aromatic heterocycles. The molecule has 90 valence electrons. The Morgan fingerprint density at radius 2 is 1.75 bits per heavy atom. The maximum absolute atomic E-state index is 9.11. The van der Waals surface area contributed by atoms with Crippen LogP contribution in [0.25, 0.3) is 0 Å². The van der Waals surface area contributed by atoms with Crippen LogP contribution in [0.4, 0.5) is 0 Å². The van der Waals surface area contributed by atoms with Gasteiger partial charge in [-0.1, -0.05) is 0 Å². The molecule has 1 fully saturated rings. The van der Waals surface area contributed by atoms with E-state index in [4.69, 9.17) is 10.7 Å². The molecule has 0 unspecified atom stereocenters. The zero-order valence-electron chi connectivity index (χ0n) is 10.6. The van der Waals surface area contributed by atoms with Crippen LogP contribution in [-0.2, 0) is 0 Å². The topological polar surface area (TPSA) is 57.4 Å².